The number of likely N-dealkylation sites (N-methyl/N-ethyl adjacent to an activating group) is 1. The van der Waals surface area contributed by atoms with Crippen molar-refractivity contribution in [2.75, 3.05) is 20.1 Å². The molecule has 0 aliphatic heterocycles. The van der Waals surface area contributed by atoms with E-state index in [1.807, 2.05) is 7.05 Å². The lowest BCUT2D eigenvalue weighted by molar-refractivity contribution is -0.133. The van der Waals surface area contributed by atoms with Crippen molar-refractivity contribution in [1.29, 1.82) is 0 Å². The SMILES string of the molecule is CN(C(=O)CNC(=O)CN)C1CCCCCC1. The lowest BCUT2D eigenvalue weighted by Crippen LogP contribution is -2.44. The van der Waals surface area contributed by atoms with Crippen molar-refractivity contribution >= 4 is 11.8 Å². The first-order valence-electron chi connectivity index (χ1n) is 6.37. The van der Waals surface area contributed by atoms with Crippen molar-refractivity contribution in [2.24, 2.45) is 5.73 Å². The Hall–Kier alpha value is -1.10. The van der Waals surface area contributed by atoms with Gasteiger partial charge in [0.2, 0.25) is 11.8 Å². The molecule has 5 heteroatoms. The molecule has 0 heterocycles. The number of rotatable bonds is 4. The third-order valence-corrected chi connectivity index (χ3v) is 3.39. The molecule has 0 bridgehead atoms. The van der Waals surface area contributed by atoms with E-state index in [0.717, 1.165) is 12.8 Å². The van der Waals surface area contributed by atoms with Crippen molar-refractivity contribution in [3.63, 3.8) is 0 Å². The molecule has 98 valence electrons. The van der Waals surface area contributed by atoms with Crippen molar-refractivity contribution in [2.45, 2.75) is 44.6 Å². The van der Waals surface area contributed by atoms with Gasteiger partial charge in [0, 0.05) is 13.1 Å². The minimum Gasteiger partial charge on any atom is -0.346 e. The Morgan fingerprint density at radius 3 is 2.35 bits per heavy atom. The van der Waals surface area contributed by atoms with Crippen molar-refractivity contribution in [3.8, 4) is 0 Å². The lowest BCUT2D eigenvalue weighted by Gasteiger charge is -2.27. The number of amides is 2. The van der Waals surface area contributed by atoms with E-state index in [0.29, 0.717) is 6.04 Å². The normalized spacial score (nSPS) is 17.3. The Balaban J connectivity index is 2.36. The summed E-state index contributed by atoms with van der Waals surface area (Å²) in [6.45, 7) is -0.0105. The fraction of sp³-hybridized carbons (Fsp3) is 0.833. The largest absolute Gasteiger partial charge is 0.346 e. The third kappa shape index (κ3) is 4.73. The molecule has 1 rings (SSSR count). The Labute approximate surface area is 103 Å². The van der Waals surface area contributed by atoms with E-state index in [1.54, 1.807) is 4.90 Å². The number of hydrogen-bond acceptors (Lipinski definition) is 3. The maximum atomic E-state index is 11.8. The van der Waals surface area contributed by atoms with Gasteiger partial charge < -0.3 is 16.0 Å². The predicted molar refractivity (Wildman–Crippen MR) is 66.3 cm³/mol. The van der Waals surface area contributed by atoms with Crippen molar-refractivity contribution in [3.05, 3.63) is 0 Å². The van der Waals surface area contributed by atoms with E-state index in [9.17, 15) is 9.59 Å². The molecular formula is C12H23N3O2. The summed E-state index contributed by atoms with van der Waals surface area (Å²) in [7, 11) is 1.83. The van der Waals surface area contributed by atoms with E-state index < -0.39 is 0 Å². The first kappa shape index (κ1) is 14.0. The zero-order valence-corrected chi connectivity index (χ0v) is 10.6. The molecule has 3 N–H and O–H groups in total. The number of carbonyl (C=O) groups excluding carboxylic acids is 2. The van der Waals surface area contributed by atoms with Crippen LogP contribution in [-0.2, 0) is 9.59 Å². The summed E-state index contributed by atoms with van der Waals surface area (Å²) in [4.78, 5) is 24.6. The van der Waals surface area contributed by atoms with Crippen molar-refractivity contribution < 1.29 is 9.59 Å². The standard InChI is InChI=1S/C12H23N3O2/c1-15(10-6-4-2-3-5-7-10)12(17)9-14-11(16)8-13/h10H,2-9,13H2,1H3,(H,14,16). The summed E-state index contributed by atoms with van der Waals surface area (Å²) in [5.41, 5.74) is 5.16. The Bertz CT molecular complexity index is 260. The van der Waals surface area contributed by atoms with Crippen LogP contribution in [-0.4, -0.2) is 42.9 Å². The van der Waals surface area contributed by atoms with Crippen LogP contribution in [0.25, 0.3) is 0 Å². The Kier molecular flexibility index (Phi) is 5.97. The van der Waals surface area contributed by atoms with Crippen LogP contribution in [0.3, 0.4) is 0 Å². The highest BCUT2D eigenvalue weighted by atomic mass is 16.2. The molecule has 0 unspecified atom stereocenters. The molecule has 0 aromatic heterocycles. The van der Waals surface area contributed by atoms with Gasteiger partial charge in [-0.05, 0) is 12.8 Å². The predicted octanol–water partition coefficient (Wildman–Crippen LogP) is 0.243. The number of nitrogens with two attached hydrogens (primary N) is 1. The van der Waals surface area contributed by atoms with Crippen LogP contribution < -0.4 is 11.1 Å². The van der Waals surface area contributed by atoms with Crippen LogP contribution in [0.15, 0.2) is 0 Å². The molecule has 2 amide bonds. The maximum Gasteiger partial charge on any atom is 0.241 e. The minimum atomic E-state index is -0.285. The quantitative estimate of drug-likeness (QED) is 0.692. The minimum absolute atomic E-state index is 0.0290. The van der Waals surface area contributed by atoms with E-state index in [4.69, 9.17) is 5.73 Å². The van der Waals surface area contributed by atoms with Crippen LogP contribution >= 0.6 is 0 Å². The molecule has 0 radical (unpaired) electrons. The second-order valence-corrected chi connectivity index (χ2v) is 4.63. The number of nitrogens with one attached hydrogen (secondary N) is 1. The highest BCUT2D eigenvalue weighted by Crippen LogP contribution is 2.20. The lowest BCUT2D eigenvalue weighted by atomic mass is 10.1. The average molecular weight is 241 g/mol. The van der Waals surface area contributed by atoms with Gasteiger partial charge >= 0.3 is 0 Å². The molecule has 0 atom stereocenters. The van der Waals surface area contributed by atoms with Gasteiger partial charge in [-0.2, -0.15) is 0 Å². The van der Waals surface area contributed by atoms with Gasteiger partial charge in [0.1, 0.15) is 0 Å². The highest BCUT2D eigenvalue weighted by molar-refractivity contribution is 5.85. The number of carbonyl (C=O) groups is 2. The van der Waals surface area contributed by atoms with Crippen LogP contribution in [0, 0.1) is 0 Å². The monoisotopic (exact) mass is 241 g/mol. The first-order chi connectivity index (χ1) is 8.15. The summed E-state index contributed by atoms with van der Waals surface area (Å²) < 4.78 is 0. The molecule has 0 spiro atoms. The fourth-order valence-electron chi connectivity index (χ4n) is 2.22. The molecule has 17 heavy (non-hydrogen) atoms. The molecule has 1 fully saturated rings. The third-order valence-electron chi connectivity index (χ3n) is 3.39. The van der Waals surface area contributed by atoms with E-state index in [1.165, 1.54) is 25.7 Å². The second kappa shape index (κ2) is 7.27. The Morgan fingerprint density at radius 1 is 1.24 bits per heavy atom. The Morgan fingerprint density at radius 2 is 1.82 bits per heavy atom. The molecule has 1 aliphatic carbocycles. The van der Waals surface area contributed by atoms with Gasteiger partial charge in [0.25, 0.3) is 0 Å². The van der Waals surface area contributed by atoms with Crippen LogP contribution in [0.4, 0.5) is 0 Å². The van der Waals surface area contributed by atoms with Crippen molar-refractivity contribution in [1.82, 2.24) is 10.2 Å². The summed E-state index contributed by atoms with van der Waals surface area (Å²) in [5.74, 6) is -0.314. The van der Waals surface area contributed by atoms with Crippen LogP contribution in [0.2, 0.25) is 0 Å². The van der Waals surface area contributed by atoms with Gasteiger partial charge in [0.15, 0.2) is 0 Å². The highest BCUT2D eigenvalue weighted by Gasteiger charge is 2.20. The average Bonchev–Trinajstić information content (AvgIpc) is 2.63. The summed E-state index contributed by atoms with van der Waals surface area (Å²) in [6, 6.07) is 0.333. The molecule has 1 saturated carbocycles. The van der Waals surface area contributed by atoms with E-state index in [-0.39, 0.29) is 24.9 Å². The molecular weight excluding hydrogens is 218 g/mol. The zero-order chi connectivity index (χ0) is 12.7. The second-order valence-electron chi connectivity index (χ2n) is 4.63. The van der Waals surface area contributed by atoms with Gasteiger partial charge in [0.05, 0.1) is 13.1 Å². The van der Waals surface area contributed by atoms with Gasteiger partial charge in [-0.15, -0.1) is 0 Å². The smallest absolute Gasteiger partial charge is 0.241 e. The molecule has 1 aliphatic rings. The van der Waals surface area contributed by atoms with Gasteiger partial charge in [-0.1, -0.05) is 25.7 Å². The van der Waals surface area contributed by atoms with E-state index >= 15 is 0 Å². The summed E-state index contributed by atoms with van der Waals surface area (Å²) in [6.07, 6.45) is 7.07. The van der Waals surface area contributed by atoms with Crippen LogP contribution in [0.5, 0.6) is 0 Å². The van der Waals surface area contributed by atoms with Crippen LogP contribution in [0.1, 0.15) is 38.5 Å². The van der Waals surface area contributed by atoms with E-state index in [2.05, 4.69) is 5.32 Å². The fourth-order valence-corrected chi connectivity index (χ4v) is 2.22. The van der Waals surface area contributed by atoms with Gasteiger partial charge in [-0.25, -0.2) is 0 Å². The maximum absolute atomic E-state index is 11.8. The first-order valence-corrected chi connectivity index (χ1v) is 6.37. The summed E-state index contributed by atoms with van der Waals surface area (Å²) >= 11 is 0. The zero-order valence-electron chi connectivity index (χ0n) is 10.6. The molecule has 0 aromatic rings. The number of hydrogen-bond donors (Lipinski definition) is 2. The molecule has 0 saturated heterocycles. The number of nitrogens with zero attached hydrogens (tertiary/aromatic N) is 1. The topological polar surface area (TPSA) is 75.4 Å². The molecule has 0 aromatic carbocycles. The van der Waals surface area contributed by atoms with Gasteiger partial charge in [-0.3, -0.25) is 9.59 Å². The summed E-state index contributed by atoms with van der Waals surface area (Å²) in [5, 5.41) is 2.51. The molecule has 5 nitrogen and oxygen atoms in total.